The van der Waals surface area contributed by atoms with Crippen LogP contribution in [0.15, 0.2) is 54.6 Å². The van der Waals surface area contributed by atoms with E-state index in [1.54, 1.807) is 31.2 Å². The Hall–Kier alpha value is -1.20. The number of carbonyl (C=O) groups excluding carboxylic acids is 2. The van der Waals surface area contributed by atoms with E-state index in [-0.39, 0.29) is 12.4 Å². The van der Waals surface area contributed by atoms with Crippen LogP contribution in [0.3, 0.4) is 0 Å². The predicted molar refractivity (Wildman–Crippen MR) is 105 cm³/mol. The van der Waals surface area contributed by atoms with Crippen LogP contribution in [0, 0.1) is 5.41 Å². The number of hydrogen-bond acceptors (Lipinski definition) is 3. The summed E-state index contributed by atoms with van der Waals surface area (Å²) >= 11 is 6.65. The number of benzene rings is 1. The van der Waals surface area contributed by atoms with Gasteiger partial charge in [0.25, 0.3) is 0 Å². The van der Waals surface area contributed by atoms with Gasteiger partial charge in [-0.3, -0.25) is 9.59 Å². The third-order valence-electron chi connectivity index (χ3n) is 3.58. The second-order valence-corrected chi connectivity index (χ2v) is 6.45. The molecule has 0 saturated heterocycles. The van der Waals surface area contributed by atoms with E-state index < -0.39 is 11.4 Å². The zero-order valence-corrected chi connectivity index (χ0v) is 16.9. The van der Waals surface area contributed by atoms with Gasteiger partial charge in [-0.2, -0.15) is 0 Å². The number of alkyl halides is 2. The van der Waals surface area contributed by atoms with Crippen molar-refractivity contribution in [2.75, 3.05) is 17.3 Å². The van der Waals surface area contributed by atoms with Crippen LogP contribution in [-0.2, 0) is 9.53 Å². The number of allylic oxidation sites excluding steroid dienone is 4. The molecule has 1 aromatic carbocycles. The van der Waals surface area contributed by atoms with Gasteiger partial charge in [0.15, 0.2) is 5.78 Å². The summed E-state index contributed by atoms with van der Waals surface area (Å²) < 4.78 is 5.26. The zero-order valence-electron chi connectivity index (χ0n) is 13.7. The normalized spacial score (nSPS) is 12.0. The molecule has 0 aromatic heterocycles. The number of ketones is 1. The third kappa shape index (κ3) is 5.71. The molecule has 0 spiro atoms. The highest BCUT2D eigenvalue weighted by Crippen LogP contribution is 2.34. The Morgan fingerprint density at radius 1 is 1.00 bits per heavy atom. The number of halogens is 2. The molecule has 0 heterocycles. The lowest BCUT2D eigenvalue weighted by atomic mass is 9.74. The van der Waals surface area contributed by atoms with E-state index in [9.17, 15) is 9.59 Å². The fraction of sp³-hybridized carbons (Fsp3) is 0.368. The maximum Gasteiger partial charge on any atom is 0.320 e. The maximum absolute atomic E-state index is 13.2. The SMILES string of the molecule is CCOC(=O)C(C/C=C/CBr)(C/C=C/CBr)C(=O)c1ccccc1. The van der Waals surface area contributed by atoms with Crippen molar-refractivity contribution in [2.24, 2.45) is 5.41 Å². The molecule has 3 nitrogen and oxygen atoms in total. The van der Waals surface area contributed by atoms with Crippen molar-refractivity contribution in [1.29, 1.82) is 0 Å². The second kappa shape index (κ2) is 11.4. The van der Waals surface area contributed by atoms with Gasteiger partial charge in [0.1, 0.15) is 5.41 Å². The molecule has 0 saturated carbocycles. The average Bonchev–Trinajstić information content (AvgIpc) is 2.61. The quantitative estimate of drug-likeness (QED) is 0.161. The zero-order chi connectivity index (χ0) is 17.8. The Labute approximate surface area is 160 Å². The third-order valence-corrected chi connectivity index (χ3v) is 4.33. The number of esters is 1. The van der Waals surface area contributed by atoms with Gasteiger partial charge < -0.3 is 4.74 Å². The summed E-state index contributed by atoms with van der Waals surface area (Å²) in [6.45, 7) is 1.99. The number of rotatable bonds is 10. The number of carbonyl (C=O) groups is 2. The molecule has 130 valence electrons. The summed E-state index contributed by atoms with van der Waals surface area (Å²) in [5.41, 5.74) is -0.723. The van der Waals surface area contributed by atoms with Crippen LogP contribution >= 0.6 is 31.9 Å². The van der Waals surface area contributed by atoms with Gasteiger partial charge in [-0.1, -0.05) is 86.5 Å². The summed E-state index contributed by atoms with van der Waals surface area (Å²) in [7, 11) is 0. The van der Waals surface area contributed by atoms with E-state index in [2.05, 4.69) is 31.9 Å². The van der Waals surface area contributed by atoms with Crippen molar-refractivity contribution in [3.8, 4) is 0 Å². The molecule has 0 aliphatic carbocycles. The molecular formula is C19H22Br2O3. The molecule has 0 N–H and O–H groups in total. The molecule has 0 fully saturated rings. The Morgan fingerprint density at radius 3 is 2.00 bits per heavy atom. The highest BCUT2D eigenvalue weighted by Gasteiger charge is 2.45. The monoisotopic (exact) mass is 456 g/mol. The second-order valence-electron chi connectivity index (χ2n) is 5.16. The first-order valence-electron chi connectivity index (χ1n) is 7.81. The Kier molecular flexibility index (Phi) is 9.88. The van der Waals surface area contributed by atoms with Crippen LogP contribution in [0.5, 0.6) is 0 Å². The molecule has 0 radical (unpaired) electrons. The summed E-state index contributed by atoms with van der Waals surface area (Å²) in [5, 5.41) is 1.34. The van der Waals surface area contributed by atoms with Gasteiger partial charge in [0, 0.05) is 16.2 Å². The fourth-order valence-corrected chi connectivity index (χ4v) is 2.89. The number of Topliss-reactive ketones (excluding diaryl/α,β-unsaturated/α-hetero) is 1. The van der Waals surface area contributed by atoms with Crippen LogP contribution in [0.1, 0.15) is 30.1 Å². The van der Waals surface area contributed by atoms with E-state index >= 15 is 0 Å². The highest BCUT2D eigenvalue weighted by molar-refractivity contribution is 9.09. The molecule has 5 heteroatoms. The number of ether oxygens (including phenoxy) is 1. The molecule has 0 unspecified atom stereocenters. The van der Waals surface area contributed by atoms with Crippen LogP contribution in [0.4, 0.5) is 0 Å². The fourth-order valence-electron chi connectivity index (χ4n) is 2.36. The minimum absolute atomic E-state index is 0.208. The van der Waals surface area contributed by atoms with Crippen LogP contribution < -0.4 is 0 Å². The van der Waals surface area contributed by atoms with Crippen molar-refractivity contribution in [2.45, 2.75) is 19.8 Å². The standard InChI is InChI=1S/C19H22Br2O3/c1-2-24-18(23)19(12-6-8-14-20,13-7-9-15-21)17(22)16-10-4-3-5-11-16/h3-11H,2,12-15H2,1H3/b8-6+,9-7+. The Bertz CT molecular complexity index is 564. The topological polar surface area (TPSA) is 43.4 Å². The van der Waals surface area contributed by atoms with Crippen molar-refractivity contribution in [1.82, 2.24) is 0 Å². The Balaban J connectivity index is 3.31. The molecular weight excluding hydrogens is 436 g/mol. The van der Waals surface area contributed by atoms with E-state index in [1.165, 1.54) is 0 Å². The van der Waals surface area contributed by atoms with Crippen molar-refractivity contribution >= 4 is 43.6 Å². The summed E-state index contributed by atoms with van der Waals surface area (Å²) in [5.74, 6) is -0.683. The van der Waals surface area contributed by atoms with E-state index in [0.29, 0.717) is 29.1 Å². The lowest BCUT2D eigenvalue weighted by molar-refractivity contribution is -0.152. The first kappa shape index (κ1) is 20.8. The van der Waals surface area contributed by atoms with E-state index in [0.717, 1.165) is 0 Å². The minimum atomic E-state index is -1.24. The van der Waals surface area contributed by atoms with Crippen molar-refractivity contribution < 1.29 is 14.3 Å². The largest absolute Gasteiger partial charge is 0.465 e. The van der Waals surface area contributed by atoms with Crippen LogP contribution in [0.2, 0.25) is 0 Å². The molecule has 0 aliphatic rings. The van der Waals surface area contributed by atoms with Gasteiger partial charge >= 0.3 is 5.97 Å². The Morgan fingerprint density at radius 2 is 1.54 bits per heavy atom. The van der Waals surface area contributed by atoms with Gasteiger partial charge in [-0.15, -0.1) is 0 Å². The lowest BCUT2D eigenvalue weighted by Gasteiger charge is -2.28. The van der Waals surface area contributed by atoms with E-state index in [1.807, 2.05) is 30.4 Å². The highest BCUT2D eigenvalue weighted by atomic mass is 79.9. The smallest absolute Gasteiger partial charge is 0.320 e. The first-order valence-corrected chi connectivity index (χ1v) is 10.1. The molecule has 24 heavy (non-hydrogen) atoms. The molecule has 1 rings (SSSR count). The predicted octanol–water partition coefficient (Wildman–Crippen LogP) is 5.10. The van der Waals surface area contributed by atoms with Gasteiger partial charge in [0.2, 0.25) is 0 Å². The summed E-state index contributed by atoms with van der Waals surface area (Å²) in [6, 6.07) is 8.91. The van der Waals surface area contributed by atoms with Gasteiger partial charge in [-0.25, -0.2) is 0 Å². The van der Waals surface area contributed by atoms with Crippen LogP contribution in [-0.4, -0.2) is 29.0 Å². The van der Waals surface area contributed by atoms with Crippen molar-refractivity contribution in [3.63, 3.8) is 0 Å². The summed E-state index contributed by atoms with van der Waals surface area (Å²) in [6.07, 6.45) is 8.10. The van der Waals surface area contributed by atoms with E-state index in [4.69, 9.17) is 4.74 Å². The number of hydrogen-bond donors (Lipinski definition) is 0. The molecule has 0 aliphatic heterocycles. The molecule has 0 bridgehead atoms. The van der Waals surface area contributed by atoms with Gasteiger partial charge in [0.05, 0.1) is 6.61 Å². The average molecular weight is 458 g/mol. The maximum atomic E-state index is 13.2. The summed E-state index contributed by atoms with van der Waals surface area (Å²) in [4.78, 5) is 25.9. The van der Waals surface area contributed by atoms with Gasteiger partial charge in [-0.05, 0) is 19.8 Å². The van der Waals surface area contributed by atoms with Crippen LogP contribution in [0.25, 0.3) is 0 Å². The molecule has 0 amide bonds. The lowest BCUT2D eigenvalue weighted by Crippen LogP contribution is -2.40. The van der Waals surface area contributed by atoms with Crippen molar-refractivity contribution in [3.05, 3.63) is 60.2 Å². The molecule has 0 atom stereocenters. The molecule has 1 aromatic rings. The first-order chi connectivity index (χ1) is 11.6. The minimum Gasteiger partial charge on any atom is -0.465 e.